The fourth-order valence-electron chi connectivity index (χ4n) is 1.77. The van der Waals surface area contributed by atoms with Crippen LogP contribution in [0.15, 0.2) is 24.3 Å². The summed E-state index contributed by atoms with van der Waals surface area (Å²) < 4.78 is 18.0. The lowest BCUT2D eigenvalue weighted by atomic mass is 10.1. The molecule has 0 unspecified atom stereocenters. The molecule has 1 aliphatic heterocycles. The third-order valence-electron chi connectivity index (χ3n) is 2.73. The van der Waals surface area contributed by atoms with E-state index < -0.39 is 11.9 Å². The van der Waals surface area contributed by atoms with Crippen molar-refractivity contribution in [3.05, 3.63) is 35.6 Å². The Hall–Kier alpha value is -1.46. The van der Waals surface area contributed by atoms with E-state index in [0.29, 0.717) is 13.0 Å². The van der Waals surface area contributed by atoms with Gasteiger partial charge in [-0.2, -0.15) is 0 Å². The van der Waals surface area contributed by atoms with E-state index in [1.165, 1.54) is 24.3 Å². The van der Waals surface area contributed by atoms with Crippen LogP contribution < -0.4 is 5.32 Å². The fourth-order valence-corrected chi connectivity index (χ4v) is 1.77. The summed E-state index contributed by atoms with van der Waals surface area (Å²) in [5, 5.41) is 12.3. The van der Waals surface area contributed by atoms with E-state index in [9.17, 15) is 14.3 Å². The molecule has 2 N–H and O–H groups in total. The van der Waals surface area contributed by atoms with Crippen LogP contribution in [-0.4, -0.2) is 36.4 Å². The molecule has 2 atom stereocenters. The molecule has 1 aliphatic rings. The van der Waals surface area contributed by atoms with Crippen LogP contribution in [0, 0.1) is 5.82 Å². The average Bonchev–Trinajstić information content (AvgIpc) is 2.32. The van der Waals surface area contributed by atoms with Gasteiger partial charge >= 0.3 is 0 Å². The summed E-state index contributed by atoms with van der Waals surface area (Å²) in [7, 11) is 0. The van der Waals surface area contributed by atoms with Crippen molar-refractivity contribution in [2.45, 2.75) is 18.6 Å². The average molecular weight is 239 g/mol. The van der Waals surface area contributed by atoms with Gasteiger partial charge in [0.15, 0.2) is 0 Å². The minimum absolute atomic E-state index is 0.216. The van der Waals surface area contributed by atoms with Crippen molar-refractivity contribution in [1.82, 2.24) is 5.32 Å². The van der Waals surface area contributed by atoms with Crippen LogP contribution in [0.3, 0.4) is 0 Å². The second-order valence-electron chi connectivity index (χ2n) is 4.02. The number of halogens is 1. The van der Waals surface area contributed by atoms with Crippen LogP contribution >= 0.6 is 0 Å². The second-order valence-corrected chi connectivity index (χ2v) is 4.02. The molecule has 5 heteroatoms. The Balaban J connectivity index is 2.01. The molecule has 2 rings (SSSR count). The van der Waals surface area contributed by atoms with Crippen LogP contribution in [0.2, 0.25) is 0 Å². The standard InChI is InChI=1S/C12H14FNO3/c13-9-3-1-2-8(6-9)12(16)14-10-4-5-17-7-11(10)15/h1-3,6,10-11,15H,4-5,7H2,(H,14,16)/t10-,11-/m1/s1. The van der Waals surface area contributed by atoms with Gasteiger partial charge in [-0.3, -0.25) is 4.79 Å². The largest absolute Gasteiger partial charge is 0.389 e. The molecule has 1 heterocycles. The summed E-state index contributed by atoms with van der Waals surface area (Å²) >= 11 is 0. The maximum atomic E-state index is 12.9. The van der Waals surface area contributed by atoms with Gasteiger partial charge in [0.05, 0.1) is 18.8 Å². The van der Waals surface area contributed by atoms with Gasteiger partial charge < -0.3 is 15.2 Å². The van der Waals surface area contributed by atoms with Crippen molar-refractivity contribution < 1.29 is 19.0 Å². The molecule has 17 heavy (non-hydrogen) atoms. The van der Waals surface area contributed by atoms with Gasteiger partial charge in [-0.1, -0.05) is 6.07 Å². The van der Waals surface area contributed by atoms with Gasteiger partial charge in [0, 0.05) is 12.2 Å². The first-order valence-electron chi connectivity index (χ1n) is 5.49. The summed E-state index contributed by atoms with van der Waals surface area (Å²) in [4.78, 5) is 11.8. The molecule has 1 fully saturated rings. The molecule has 0 bridgehead atoms. The Bertz CT molecular complexity index is 410. The van der Waals surface area contributed by atoms with E-state index in [-0.39, 0.29) is 24.1 Å². The zero-order chi connectivity index (χ0) is 12.3. The maximum absolute atomic E-state index is 12.9. The quantitative estimate of drug-likeness (QED) is 0.799. The van der Waals surface area contributed by atoms with E-state index >= 15 is 0 Å². The Morgan fingerprint density at radius 2 is 2.35 bits per heavy atom. The van der Waals surface area contributed by atoms with Crippen LogP contribution in [-0.2, 0) is 4.74 Å². The number of hydrogen-bond donors (Lipinski definition) is 2. The lowest BCUT2D eigenvalue weighted by Crippen LogP contribution is -2.48. The minimum atomic E-state index is -0.707. The van der Waals surface area contributed by atoms with E-state index in [4.69, 9.17) is 4.74 Å². The molecule has 0 radical (unpaired) electrons. The van der Waals surface area contributed by atoms with Crippen molar-refractivity contribution in [3.8, 4) is 0 Å². The fraction of sp³-hybridized carbons (Fsp3) is 0.417. The van der Waals surface area contributed by atoms with Gasteiger partial charge in [-0.25, -0.2) is 4.39 Å². The number of carbonyl (C=O) groups is 1. The zero-order valence-electron chi connectivity index (χ0n) is 9.23. The Kier molecular flexibility index (Phi) is 3.71. The number of aliphatic hydroxyl groups is 1. The number of benzene rings is 1. The predicted molar refractivity (Wildman–Crippen MR) is 59.1 cm³/mol. The molecule has 1 saturated heterocycles. The first kappa shape index (κ1) is 12.0. The first-order chi connectivity index (χ1) is 8.16. The Morgan fingerprint density at radius 3 is 3.06 bits per heavy atom. The van der Waals surface area contributed by atoms with Crippen LogP contribution in [0.4, 0.5) is 4.39 Å². The number of nitrogens with one attached hydrogen (secondary N) is 1. The molecule has 1 aromatic carbocycles. The van der Waals surface area contributed by atoms with Crippen LogP contribution in [0.1, 0.15) is 16.8 Å². The Labute approximate surface area is 98.4 Å². The van der Waals surface area contributed by atoms with Crippen molar-refractivity contribution >= 4 is 5.91 Å². The molecule has 0 spiro atoms. The lowest BCUT2D eigenvalue weighted by molar-refractivity contribution is -0.0260. The van der Waals surface area contributed by atoms with Crippen molar-refractivity contribution in [1.29, 1.82) is 0 Å². The van der Waals surface area contributed by atoms with Gasteiger partial charge in [-0.05, 0) is 24.6 Å². The predicted octanol–water partition coefficient (Wildman–Crippen LogP) is 0.705. The molecule has 0 aromatic heterocycles. The van der Waals surface area contributed by atoms with E-state index in [2.05, 4.69) is 5.32 Å². The SMILES string of the molecule is O=C(N[C@@H]1CCOC[C@H]1O)c1cccc(F)c1. The van der Waals surface area contributed by atoms with Gasteiger partial charge in [-0.15, -0.1) is 0 Å². The van der Waals surface area contributed by atoms with Crippen molar-refractivity contribution in [3.63, 3.8) is 0 Å². The van der Waals surface area contributed by atoms with Crippen molar-refractivity contribution in [2.24, 2.45) is 0 Å². The minimum Gasteiger partial charge on any atom is -0.389 e. The van der Waals surface area contributed by atoms with Gasteiger partial charge in [0.2, 0.25) is 0 Å². The number of amides is 1. The second kappa shape index (κ2) is 5.25. The van der Waals surface area contributed by atoms with Gasteiger partial charge in [0.25, 0.3) is 5.91 Å². The highest BCUT2D eigenvalue weighted by Gasteiger charge is 2.25. The third kappa shape index (κ3) is 3.01. The first-order valence-corrected chi connectivity index (χ1v) is 5.49. The summed E-state index contributed by atoms with van der Waals surface area (Å²) in [6.07, 6.45) is -0.149. The highest BCUT2D eigenvalue weighted by Crippen LogP contribution is 2.09. The van der Waals surface area contributed by atoms with Crippen molar-refractivity contribution in [2.75, 3.05) is 13.2 Å². The molecule has 92 valence electrons. The summed E-state index contributed by atoms with van der Waals surface area (Å²) in [6.45, 7) is 0.721. The van der Waals surface area contributed by atoms with E-state index in [0.717, 1.165) is 0 Å². The van der Waals surface area contributed by atoms with E-state index in [1.807, 2.05) is 0 Å². The number of carbonyl (C=O) groups excluding carboxylic acids is 1. The molecule has 1 aromatic rings. The number of rotatable bonds is 2. The molecular formula is C12H14FNO3. The summed E-state index contributed by atoms with van der Waals surface area (Å²) in [5.74, 6) is -0.833. The van der Waals surface area contributed by atoms with Gasteiger partial charge in [0.1, 0.15) is 5.82 Å². The highest BCUT2D eigenvalue weighted by atomic mass is 19.1. The monoisotopic (exact) mass is 239 g/mol. The molecule has 0 aliphatic carbocycles. The number of aliphatic hydroxyl groups excluding tert-OH is 1. The third-order valence-corrected chi connectivity index (χ3v) is 2.73. The van der Waals surface area contributed by atoms with Crippen LogP contribution in [0.25, 0.3) is 0 Å². The zero-order valence-corrected chi connectivity index (χ0v) is 9.23. The number of ether oxygens (including phenoxy) is 1. The van der Waals surface area contributed by atoms with Crippen LogP contribution in [0.5, 0.6) is 0 Å². The smallest absolute Gasteiger partial charge is 0.251 e. The molecule has 1 amide bonds. The normalized spacial score (nSPS) is 24.4. The molecular weight excluding hydrogens is 225 g/mol. The lowest BCUT2D eigenvalue weighted by Gasteiger charge is -2.28. The highest BCUT2D eigenvalue weighted by molar-refractivity contribution is 5.94. The topological polar surface area (TPSA) is 58.6 Å². The molecule has 0 saturated carbocycles. The summed E-state index contributed by atoms with van der Waals surface area (Å²) in [5.41, 5.74) is 0.253. The Morgan fingerprint density at radius 1 is 1.53 bits per heavy atom. The summed E-state index contributed by atoms with van der Waals surface area (Å²) in [6, 6.07) is 5.12. The number of hydrogen-bond acceptors (Lipinski definition) is 3. The van der Waals surface area contributed by atoms with E-state index in [1.54, 1.807) is 0 Å². The molecule has 4 nitrogen and oxygen atoms in total. The maximum Gasteiger partial charge on any atom is 0.251 e.